The largest absolute Gasteiger partial charge is 0.507 e. The minimum Gasteiger partial charge on any atom is -0.507 e. The number of phenolic OH excluding ortho intramolecular Hbond substituents is 1. The topological polar surface area (TPSA) is 137 Å². The predicted molar refractivity (Wildman–Crippen MR) is 147 cm³/mol. The Morgan fingerprint density at radius 3 is 2.39 bits per heavy atom. The molecule has 10 heteroatoms. The van der Waals surface area contributed by atoms with Gasteiger partial charge in [-0.25, -0.2) is 5.43 Å². The Bertz CT molecular complexity index is 1440. The van der Waals surface area contributed by atoms with E-state index in [1.165, 1.54) is 18.2 Å². The summed E-state index contributed by atoms with van der Waals surface area (Å²) >= 11 is 5.97. The van der Waals surface area contributed by atoms with E-state index in [1.54, 1.807) is 12.1 Å². The van der Waals surface area contributed by atoms with Crippen molar-refractivity contribution in [1.82, 2.24) is 5.43 Å². The lowest BCUT2D eigenvalue weighted by Crippen LogP contribution is -2.25. The van der Waals surface area contributed by atoms with Crippen LogP contribution in [0.1, 0.15) is 39.9 Å². The van der Waals surface area contributed by atoms with Crippen molar-refractivity contribution >= 4 is 34.7 Å². The van der Waals surface area contributed by atoms with Gasteiger partial charge in [-0.15, -0.1) is 15.3 Å². The van der Waals surface area contributed by atoms with Gasteiger partial charge in [0.25, 0.3) is 5.91 Å². The van der Waals surface area contributed by atoms with E-state index >= 15 is 0 Å². The highest BCUT2D eigenvalue weighted by Gasteiger charge is 2.15. The summed E-state index contributed by atoms with van der Waals surface area (Å²) in [4.78, 5) is 14.7. The van der Waals surface area contributed by atoms with Crippen molar-refractivity contribution in [2.24, 2.45) is 15.3 Å². The summed E-state index contributed by atoms with van der Waals surface area (Å²) in [7, 11) is 0. The van der Waals surface area contributed by atoms with Gasteiger partial charge in [0, 0.05) is 29.4 Å². The summed E-state index contributed by atoms with van der Waals surface area (Å²) in [6, 6.07) is 21.4. The second-order valence-electron chi connectivity index (χ2n) is 8.38. The van der Waals surface area contributed by atoms with Crippen LogP contribution in [0.3, 0.4) is 0 Å². The Labute approximate surface area is 226 Å². The predicted octanol–water partition coefficient (Wildman–Crippen LogP) is 6.17. The highest BCUT2D eigenvalue weighted by Crippen LogP contribution is 2.23. The summed E-state index contributed by atoms with van der Waals surface area (Å²) in [5.41, 5.74) is 6.28. The molecule has 0 aliphatic carbocycles. The average molecular weight is 528 g/mol. The van der Waals surface area contributed by atoms with Crippen LogP contribution in [0, 0.1) is 36.5 Å². The minimum atomic E-state index is -0.665. The zero-order valence-corrected chi connectivity index (χ0v) is 21.8. The maximum atomic E-state index is 12.7. The van der Waals surface area contributed by atoms with Crippen molar-refractivity contribution in [3.05, 3.63) is 87.9 Å². The van der Waals surface area contributed by atoms with Crippen molar-refractivity contribution in [2.75, 3.05) is 18.0 Å². The number of hydrazone groups is 1. The molecule has 0 aliphatic rings. The number of carbonyl (C=O) groups is 1. The standard InChI is InChI=1S/C28H26ClN7O2/c1-19-6-3-7-22(16-19)32-33-27(34-35-28(38)25-18-21(29)8-11-26(25)37)24-10-9-23(17-20(24)2)36(14-4-12-30)15-5-13-31/h3,6-11,16-18,37H,4-5,14-15H2,1-2H3,(H,35,38)/b33-32?,34-27-. The van der Waals surface area contributed by atoms with Crippen LogP contribution in [-0.2, 0) is 0 Å². The Hall–Kier alpha value is -4.73. The van der Waals surface area contributed by atoms with Gasteiger partial charge in [0.15, 0.2) is 0 Å². The molecular formula is C28H26ClN7O2. The monoisotopic (exact) mass is 527 g/mol. The van der Waals surface area contributed by atoms with Crippen molar-refractivity contribution < 1.29 is 9.90 Å². The lowest BCUT2D eigenvalue weighted by atomic mass is 10.1. The van der Waals surface area contributed by atoms with E-state index in [2.05, 4.69) is 32.9 Å². The molecule has 0 bridgehead atoms. The van der Waals surface area contributed by atoms with Crippen LogP contribution < -0.4 is 10.3 Å². The van der Waals surface area contributed by atoms with Crippen LogP contribution in [0.5, 0.6) is 5.75 Å². The first kappa shape index (κ1) is 27.9. The fourth-order valence-electron chi connectivity index (χ4n) is 3.62. The maximum Gasteiger partial charge on any atom is 0.275 e. The molecule has 0 aromatic heterocycles. The van der Waals surface area contributed by atoms with Crippen molar-refractivity contribution in [1.29, 1.82) is 10.5 Å². The number of azo groups is 1. The molecule has 3 rings (SSSR count). The number of nitrogens with one attached hydrogen (secondary N) is 1. The number of carbonyl (C=O) groups excluding carboxylic acids is 1. The van der Waals surface area contributed by atoms with Crippen LogP contribution in [0.4, 0.5) is 11.4 Å². The Balaban J connectivity index is 1.98. The Morgan fingerprint density at radius 1 is 1.00 bits per heavy atom. The van der Waals surface area contributed by atoms with E-state index in [-0.39, 0.29) is 17.1 Å². The van der Waals surface area contributed by atoms with Crippen LogP contribution in [0.15, 0.2) is 76.0 Å². The van der Waals surface area contributed by atoms with E-state index < -0.39 is 5.91 Å². The van der Waals surface area contributed by atoms with Gasteiger partial charge in [-0.1, -0.05) is 23.7 Å². The molecule has 38 heavy (non-hydrogen) atoms. The van der Waals surface area contributed by atoms with Crippen LogP contribution >= 0.6 is 11.6 Å². The average Bonchev–Trinajstić information content (AvgIpc) is 2.90. The van der Waals surface area contributed by atoms with E-state index in [1.807, 2.05) is 49.1 Å². The number of benzene rings is 3. The third kappa shape index (κ3) is 7.63. The Kier molecular flexibility index (Phi) is 9.93. The summed E-state index contributed by atoms with van der Waals surface area (Å²) in [6.45, 7) is 4.79. The second kappa shape index (κ2) is 13.5. The summed E-state index contributed by atoms with van der Waals surface area (Å²) in [5.74, 6) is -0.756. The zero-order chi connectivity index (χ0) is 27.5. The summed E-state index contributed by atoms with van der Waals surface area (Å²) < 4.78 is 0. The molecule has 0 saturated carbocycles. The lowest BCUT2D eigenvalue weighted by molar-refractivity contribution is 0.0952. The van der Waals surface area contributed by atoms with Gasteiger partial charge in [0.1, 0.15) is 5.75 Å². The van der Waals surface area contributed by atoms with Gasteiger partial charge >= 0.3 is 0 Å². The number of aromatic hydroxyl groups is 1. The van der Waals surface area contributed by atoms with Gasteiger partial charge in [-0.05, 0) is 73.5 Å². The third-order valence-corrected chi connectivity index (χ3v) is 5.77. The van der Waals surface area contributed by atoms with Crippen LogP contribution in [-0.4, -0.2) is 29.9 Å². The lowest BCUT2D eigenvalue weighted by Gasteiger charge is -2.23. The van der Waals surface area contributed by atoms with Crippen LogP contribution in [0.25, 0.3) is 0 Å². The number of aryl methyl sites for hydroxylation is 2. The maximum absolute atomic E-state index is 12.7. The molecule has 3 aromatic carbocycles. The molecule has 0 aliphatic heterocycles. The van der Waals surface area contributed by atoms with E-state index in [0.717, 1.165) is 16.8 Å². The number of hydrogen-bond acceptors (Lipinski definition) is 7. The first-order valence-electron chi connectivity index (χ1n) is 11.8. The van der Waals surface area contributed by atoms with Gasteiger partial charge in [0.05, 0.1) is 36.2 Å². The molecule has 9 nitrogen and oxygen atoms in total. The number of amidine groups is 1. The number of phenols is 1. The molecule has 1 amide bonds. The first-order valence-corrected chi connectivity index (χ1v) is 12.1. The number of hydrogen-bond donors (Lipinski definition) is 2. The molecule has 0 unspecified atom stereocenters. The number of rotatable bonds is 9. The quantitative estimate of drug-likeness (QED) is 0.148. The summed E-state index contributed by atoms with van der Waals surface area (Å²) in [5, 5.41) is 41.2. The van der Waals surface area contributed by atoms with Crippen LogP contribution in [0.2, 0.25) is 5.02 Å². The second-order valence-corrected chi connectivity index (χ2v) is 8.82. The van der Waals surface area contributed by atoms with Gasteiger partial charge in [-0.2, -0.15) is 10.5 Å². The molecule has 0 heterocycles. The molecule has 3 aromatic rings. The zero-order valence-electron chi connectivity index (χ0n) is 21.0. The van der Waals surface area contributed by atoms with Gasteiger partial charge in [-0.3, -0.25) is 4.79 Å². The van der Waals surface area contributed by atoms with Gasteiger partial charge in [0.2, 0.25) is 5.84 Å². The Morgan fingerprint density at radius 2 is 1.74 bits per heavy atom. The first-order chi connectivity index (χ1) is 18.3. The molecular weight excluding hydrogens is 502 g/mol. The SMILES string of the molecule is Cc1cccc(N=N/C(=N\NC(=O)c2cc(Cl)ccc2O)c2ccc(N(CCC#N)CCC#N)cc2C)c1. The number of nitrogens with zero attached hydrogens (tertiary/aromatic N) is 6. The third-order valence-electron chi connectivity index (χ3n) is 5.53. The molecule has 2 N–H and O–H groups in total. The van der Waals surface area contributed by atoms with E-state index in [4.69, 9.17) is 22.1 Å². The number of amides is 1. The highest BCUT2D eigenvalue weighted by molar-refractivity contribution is 6.31. The number of halogens is 1. The smallest absolute Gasteiger partial charge is 0.275 e. The fraction of sp³-hybridized carbons (Fsp3) is 0.214. The minimum absolute atomic E-state index is 0.0334. The molecule has 192 valence electrons. The molecule has 0 atom stereocenters. The highest BCUT2D eigenvalue weighted by atomic mass is 35.5. The fourth-order valence-corrected chi connectivity index (χ4v) is 3.79. The van der Waals surface area contributed by atoms with Gasteiger partial charge < -0.3 is 10.0 Å². The summed E-state index contributed by atoms with van der Waals surface area (Å²) in [6.07, 6.45) is 0.651. The van der Waals surface area contributed by atoms with E-state index in [0.29, 0.717) is 42.2 Å². The molecule has 0 spiro atoms. The number of anilines is 1. The van der Waals surface area contributed by atoms with E-state index in [9.17, 15) is 9.90 Å². The molecule has 0 radical (unpaired) electrons. The molecule has 0 fully saturated rings. The molecule has 0 saturated heterocycles. The number of nitriles is 2. The van der Waals surface area contributed by atoms with Crippen molar-refractivity contribution in [2.45, 2.75) is 26.7 Å². The van der Waals surface area contributed by atoms with Crippen molar-refractivity contribution in [3.8, 4) is 17.9 Å². The van der Waals surface area contributed by atoms with Crippen molar-refractivity contribution in [3.63, 3.8) is 0 Å². The normalized spacial score (nSPS) is 11.1.